The number of anilines is 1. The Morgan fingerprint density at radius 3 is 2.41 bits per heavy atom. The maximum Gasteiger partial charge on any atom is 0.337 e. The van der Waals surface area contributed by atoms with Gasteiger partial charge in [-0.3, -0.25) is 4.72 Å². The Bertz CT molecular complexity index is 1180. The van der Waals surface area contributed by atoms with Gasteiger partial charge in [0.2, 0.25) is 0 Å². The number of hydrogen-bond acceptors (Lipinski definition) is 5. The van der Waals surface area contributed by atoms with Crippen LogP contribution in [0.5, 0.6) is 5.75 Å². The first-order chi connectivity index (χ1) is 13.7. The van der Waals surface area contributed by atoms with Gasteiger partial charge in [0.15, 0.2) is 5.75 Å². The van der Waals surface area contributed by atoms with E-state index in [0.29, 0.717) is 5.56 Å². The van der Waals surface area contributed by atoms with Crippen LogP contribution in [-0.4, -0.2) is 26.6 Å². The van der Waals surface area contributed by atoms with Crippen LogP contribution >= 0.6 is 11.6 Å². The summed E-state index contributed by atoms with van der Waals surface area (Å²) in [5.41, 5.74) is 0.821. The van der Waals surface area contributed by atoms with Gasteiger partial charge in [-0.2, -0.15) is 0 Å². The molecule has 9 heteroatoms. The lowest BCUT2D eigenvalue weighted by atomic mass is 10.1. The number of phenolic OH excluding ortho intramolecular Hbond substituents is 1. The number of carbonyl (C=O) groups excluding carboxylic acids is 1. The molecule has 0 fully saturated rings. The number of hydrogen-bond donors (Lipinski definition) is 2. The van der Waals surface area contributed by atoms with Crippen molar-refractivity contribution in [1.29, 1.82) is 0 Å². The molecule has 3 aromatic carbocycles. The number of halogens is 2. The number of aromatic hydroxyl groups is 1. The molecule has 0 aliphatic heterocycles. The summed E-state index contributed by atoms with van der Waals surface area (Å²) < 4.78 is 46.5. The van der Waals surface area contributed by atoms with Crippen LogP contribution in [0.4, 0.5) is 10.1 Å². The molecule has 0 amide bonds. The number of benzene rings is 3. The summed E-state index contributed by atoms with van der Waals surface area (Å²) in [7, 11) is -3.37. The molecule has 3 aromatic rings. The quantitative estimate of drug-likeness (QED) is 0.578. The highest BCUT2D eigenvalue weighted by Gasteiger charge is 2.25. The van der Waals surface area contributed by atoms with Crippen LogP contribution in [-0.2, 0) is 14.8 Å². The van der Waals surface area contributed by atoms with Crippen LogP contribution in [0.3, 0.4) is 0 Å². The van der Waals surface area contributed by atoms with Crippen LogP contribution in [0.25, 0.3) is 11.1 Å². The number of rotatable bonds is 5. The summed E-state index contributed by atoms with van der Waals surface area (Å²) in [5.74, 6) is -2.44. The minimum Gasteiger partial charge on any atom is -0.505 e. The van der Waals surface area contributed by atoms with Gasteiger partial charge < -0.3 is 9.84 Å². The predicted octanol–water partition coefficient (Wildman–Crippen LogP) is 4.44. The van der Waals surface area contributed by atoms with Gasteiger partial charge in [-0.15, -0.1) is 0 Å². The second kappa shape index (κ2) is 8.10. The molecule has 6 nitrogen and oxygen atoms in total. The molecule has 0 unspecified atom stereocenters. The van der Waals surface area contributed by atoms with E-state index in [9.17, 15) is 22.7 Å². The fraction of sp³-hybridized carbons (Fsp3) is 0.0500. The van der Waals surface area contributed by atoms with Gasteiger partial charge in [-0.05, 0) is 35.4 Å². The minimum absolute atomic E-state index is 0.186. The van der Waals surface area contributed by atoms with Gasteiger partial charge in [0.05, 0.1) is 23.4 Å². The molecular formula is C20H15ClFNO5S. The van der Waals surface area contributed by atoms with E-state index < -0.39 is 32.5 Å². The van der Waals surface area contributed by atoms with Gasteiger partial charge in [-0.25, -0.2) is 17.6 Å². The van der Waals surface area contributed by atoms with Crippen LogP contribution in [0.15, 0.2) is 65.6 Å². The first-order valence-electron chi connectivity index (χ1n) is 8.21. The van der Waals surface area contributed by atoms with Crippen molar-refractivity contribution in [2.75, 3.05) is 11.8 Å². The Morgan fingerprint density at radius 1 is 1.07 bits per heavy atom. The number of ether oxygens (including phenoxy) is 1. The first-order valence-corrected chi connectivity index (χ1v) is 10.1. The SMILES string of the molecule is COC(=O)c1cc(Cl)c(O)c(S(=O)(=O)Nc2cc(-c3ccccc3)ccc2F)c1. The average Bonchev–Trinajstić information content (AvgIpc) is 2.71. The predicted molar refractivity (Wildman–Crippen MR) is 107 cm³/mol. The molecule has 2 N–H and O–H groups in total. The summed E-state index contributed by atoms with van der Waals surface area (Å²) in [5, 5.41) is 9.73. The summed E-state index contributed by atoms with van der Waals surface area (Å²) in [6, 6.07) is 14.9. The van der Waals surface area contributed by atoms with Crippen molar-refractivity contribution in [3.8, 4) is 16.9 Å². The number of phenols is 1. The Morgan fingerprint density at radius 2 is 1.76 bits per heavy atom. The summed E-state index contributed by atoms with van der Waals surface area (Å²) in [4.78, 5) is 11.0. The third-order valence-electron chi connectivity index (χ3n) is 4.06. The Labute approximate surface area is 171 Å². The van der Waals surface area contributed by atoms with E-state index in [2.05, 4.69) is 9.46 Å². The molecule has 0 aliphatic rings. The number of nitrogens with one attached hydrogen (secondary N) is 1. The van der Waals surface area contributed by atoms with Crippen molar-refractivity contribution in [3.05, 3.63) is 77.1 Å². The highest BCUT2D eigenvalue weighted by molar-refractivity contribution is 7.92. The molecular weight excluding hydrogens is 421 g/mol. The van der Waals surface area contributed by atoms with Crippen molar-refractivity contribution >= 4 is 33.3 Å². The molecule has 0 heterocycles. The number of carbonyl (C=O) groups is 1. The van der Waals surface area contributed by atoms with Crippen LogP contribution in [0, 0.1) is 5.82 Å². The maximum absolute atomic E-state index is 14.3. The smallest absolute Gasteiger partial charge is 0.337 e. The second-order valence-corrected chi connectivity index (χ2v) is 8.02. The Balaban J connectivity index is 2.05. The van der Waals surface area contributed by atoms with Gasteiger partial charge in [0.1, 0.15) is 10.7 Å². The van der Waals surface area contributed by atoms with Gasteiger partial charge >= 0.3 is 5.97 Å². The van der Waals surface area contributed by atoms with Gasteiger partial charge in [0, 0.05) is 0 Å². The van der Waals surface area contributed by atoms with E-state index in [0.717, 1.165) is 30.9 Å². The second-order valence-electron chi connectivity index (χ2n) is 5.96. The van der Waals surface area contributed by atoms with Crippen LogP contribution < -0.4 is 4.72 Å². The van der Waals surface area contributed by atoms with E-state index in [1.165, 1.54) is 12.1 Å². The van der Waals surface area contributed by atoms with Crippen molar-refractivity contribution in [2.24, 2.45) is 0 Å². The average molecular weight is 436 g/mol. The molecule has 0 radical (unpaired) electrons. The summed E-state index contributed by atoms with van der Waals surface area (Å²) in [6.45, 7) is 0. The van der Waals surface area contributed by atoms with E-state index in [-0.39, 0.29) is 16.3 Å². The summed E-state index contributed by atoms with van der Waals surface area (Å²) >= 11 is 5.84. The zero-order valence-electron chi connectivity index (χ0n) is 15.0. The maximum atomic E-state index is 14.3. The topological polar surface area (TPSA) is 92.7 Å². The molecule has 0 aliphatic carbocycles. The Hall–Kier alpha value is -3.10. The zero-order valence-corrected chi connectivity index (χ0v) is 16.6. The lowest BCUT2D eigenvalue weighted by molar-refractivity contribution is 0.0600. The third kappa shape index (κ3) is 4.33. The van der Waals surface area contributed by atoms with Crippen molar-refractivity contribution < 1.29 is 27.4 Å². The number of sulfonamides is 1. The molecule has 0 saturated carbocycles. The highest BCUT2D eigenvalue weighted by Crippen LogP contribution is 2.34. The molecule has 0 atom stereocenters. The fourth-order valence-electron chi connectivity index (χ4n) is 2.63. The first kappa shape index (κ1) is 20.6. The van der Waals surface area contributed by atoms with Crippen molar-refractivity contribution in [2.45, 2.75) is 4.90 Å². The standard InChI is InChI=1S/C20H15ClFNO5S/c1-28-20(25)14-9-15(21)19(24)18(11-14)29(26,27)23-17-10-13(7-8-16(17)22)12-5-3-2-4-6-12/h2-11,23-24H,1H3. The molecule has 0 saturated heterocycles. The lowest BCUT2D eigenvalue weighted by Crippen LogP contribution is -2.15. The fourth-order valence-corrected chi connectivity index (χ4v) is 4.11. The van der Waals surface area contributed by atoms with Gasteiger partial charge in [-0.1, -0.05) is 48.0 Å². The normalized spacial score (nSPS) is 11.1. The molecule has 150 valence electrons. The molecule has 0 aromatic heterocycles. The largest absolute Gasteiger partial charge is 0.505 e. The monoisotopic (exact) mass is 435 g/mol. The van der Waals surface area contributed by atoms with Crippen LogP contribution in [0.2, 0.25) is 5.02 Å². The number of methoxy groups -OCH3 is 1. The Kier molecular flexibility index (Phi) is 5.76. The van der Waals surface area contributed by atoms with E-state index >= 15 is 0 Å². The van der Waals surface area contributed by atoms with Crippen molar-refractivity contribution in [1.82, 2.24) is 0 Å². The number of esters is 1. The highest BCUT2D eigenvalue weighted by atomic mass is 35.5. The lowest BCUT2D eigenvalue weighted by Gasteiger charge is -2.13. The van der Waals surface area contributed by atoms with Crippen LogP contribution in [0.1, 0.15) is 10.4 Å². The van der Waals surface area contributed by atoms with E-state index in [1.54, 1.807) is 24.3 Å². The molecule has 29 heavy (non-hydrogen) atoms. The molecule has 0 spiro atoms. The summed E-state index contributed by atoms with van der Waals surface area (Å²) in [6.07, 6.45) is 0. The van der Waals surface area contributed by atoms with Gasteiger partial charge in [0.25, 0.3) is 10.0 Å². The van der Waals surface area contributed by atoms with Crippen molar-refractivity contribution in [3.63, 3.8) is 0 Å². The molecule has 3 rings (SSSR count). The minimum atomic E-state index is -4.48. The van der Waals surface area contributed by atoms with E-state index in [1.807, 2.05) is 6.07 Å². The van der Waals surface area contributed by atoms with E-state index in [4.69, 9.17) is 11.6 Å². The zero-order chi connectivity index (χ0) is 21.2. The molecule has 0 bridgehead atoms. The third-order valence-corrected chi connectivity index (χ3v) is 5.72.